The van der Waals surface area contributed by atoms with Gasteiger partial charge in [-0.15, -0.1) is 0 Å². The first-order valence-electron chi connectivity index (χ1n) is 11.3. The second-order valence-electron chi connectivity index (χ2n) is 8.30. The van der Waals surface area contributed by atoms with Crippen LogP contribution in [0.1, 0.15) is 35.3 Å². The predicted octanol–water partition coefficient (Wildman–Crippen LogP) is 4.13. The van der Waals surface area contributed by atoms with E-state index in [0.717, 1.165) is 11.1 Å². The van der Waals surface area contributed by atoms with Crippen LogP contribution >= 0.6 is 11.8 Å². The molecule has 7 nitrogen and oxygen atoms in total. The fraction of sp³-hybridized carbons (Fsp3) is 0.222. The lowest BCUT2D eigenvalue weighted by molar-refractivity contribution is -0.118. The van der Waals surface area contributed by atoms with Crippen molar-refractivity contribution in [3.05, 3.63) is 93.9 Å². The first-order valence-corrected chi connectivity index (χ1v) is 12.2. The van der Waals surface area contributed by atoms with Gasteiger partial charge in [0.05, 0.1) is 16.2 Å². The van der Waals surface area contributed by atoms with E-state index in [4.69, 9.17) is 4.98 Å². The Morgan fingerprint density at radius 3 is 2.49 bits per heavy atom. The molecule has 0 radical (unpaired) electrons. The van der Waals surface area contributed by atoms with Gasteiger partial charge in [0.15, 0.2) is 10.9 Å². The van der Waals surface area contributed by atoms with Gasteiger partial charge in [-0.2, -0.15) is 0 Å². The molecule has 2 aromatic heterocycles. The number of carbonyl (C=O) groups is 2. The average molecular weight is 487 g/mol. The summed E-state index contributed by atoms with van der Waals surface area (Å²) in [5.74, 6) is 0.336. The van der Waals surface area contributed by atoms with E-state index >= 15 is 0 Å². The molecule has 0 aliphatic heterocycles. The molecule has 0 saturated carbocycles. The Hall–Kier alpha value is -3.78. The van der Waals surface area contributed by atoms with E-state index in [1.54, 1.807) is 42.6 Å². The van der Waals surface area contributed by atoms with Gasteiger partial charge in [0.2, 0.25) is 5.91 Å². The molecule has 0 fully saturated rings. The summed E-state index contributed by atoms with van der Waals surface area (Å²) < 4.78 is 1.47. The van der Waals surface area contributed by atoms with Crippen LogP contribution in [0.2, 0.25) is 0 Å². The number of nitrogens with one attached hydrogen (secondary N) is 1. The van der Waals surface area contributed by atoms with Crippen LogP contribution in [0.25, 0.3) is 16.7 Å². The number of pyridine rings is 1. The fourth-order valence-corrected chi connectivity index (χ4v) is 4.64. The van der Waals surface area contributed by atoms with Crippen molar-refractivity contribution in [2.24, 2.45) is 0 Å². The molecule has 1 N–H and O–H groups in total. The van der Waals surface area contributed by atoms with E-state index in [0.29, 0.717) is 40.4 Å². The number of carbonyl (C=O) groups excluding carboxylic acids is 2. The Kier molecular flexibility index (Phi) is 7.41. The van der Waals surface area contributed by atoms with Crippen LogP contribution in [-0.2, 0) is 11.2 Å². The van der Waals surface area contributed by atoms with Gasteiger partial charge in [-0.05, 0) is 49.6 Å². The third-order valence-electron chi connectivity index (χ3n) is 5.55. The molecule has 0 spiro atoms. The van der Waals surface area contributed by atoms with Crippen LogP contribution in [0, 0.1) is 6.92 Å². The maximum Gasteiger partial charge on any atom is 0.267 e. The molecule has 4 aromatic rings. The first-order chi connectivity index (χ1) is 16.8. The van der Waals surface area contributed by atoms with Gasteiger partial charge >= 0.3 is 0 Å². The number of nitrogens with zero attached hydrogens (tertiary/aromatic N) is 3. The molecular formula is C27H26N4O3S. The average Bonchev–Trinajstić information content (AvgIpc) is 2.85. The topological polar surface area (TPSA) is 94.0 Å². The zero-order valence-electron chi connectivity index (χ0n) is 19.8. The van der Waals surface area contributed by atoms with Crippen LogP contribution in [0.4, 0.5) is 0 Å². The number of hydrogen-bond donors (Lipinski definition) is 1. The summed E-state index contributed by atoms with van der Waals surface area (Å²) >= 11 is 1.24. The van der Waals surface area contributed by atoms with Crippen LogP contribution < -0.4 is 10.9 Å². The summed E-state index contributed by atoms with van der Waals surface area (Å²) in [6.45, 7) is 5.78. The number of aryl methyl sites for hydroxylation is 1. The fourth-order valence-electron chi connectivity index (χ4n) is 3.65. The lowest BCUT2D eigenvalue weighted by Gasteiger charge is -2.16. The largest absolute Gasteiger partial charge is 0.356 e. The highest BCUT2D eigenvalue weighted by atomic mass is 32.2. The zero-order valence-corrected chi connectivity index (χ0v) is 20.6. The van der Waals surface area contributed by atoms with Crippen molar-refractivity contribution < 1.29 is 9.59 Å². The van der Waals surface area contributed by atoms with Crippen LogP contribution in [0.5, 0.6) is 0 Å². The highest BCUT2D eigenvalue weighted by Crippen LogP contribution is 2.27. The number of aromatic nitrogens is 3. The Balaban J connectivity index is 1.61. The van der Waals surface area contributed by atoms with E-state index in [1.165, 1.54) is 23.3 Å². The number of Topliss-reactive ketones (excluding diaryl/α,β-unsaturated/α-hetero) is 1. The number of thioether (sulfide) groups is 1. The lowest BCUT2D eigenvalue weighted by atomic mass is 10.0. The molecule has 178 valence electrons. The van der Waals surface area contributed by atoms with Crippen molar-refractivity contribution in [1.29, 1.82) is 0 Å². The molecule has 1 atom stereocenters. The van der Waals surface area contributed by atoms with E-state index in [-0.39, 0.29) is 17.2 Å². The molecule has 0 aliphatic rings. The van der Waals surface area contributed by atoms with Gasteiger partial charge in [0.25, 0.3) is 5.56 Å². The molecule has 1 unspecified atom stereocenters. The summed E-state index contributed by atoms with van der Waals surface area (Å²) in [6.07, 6.45) is 2.39. The summed E-state index contributed by atoms with van der Waals surface area (Å²) in [6, 6.07) is 18.2. The van der Waals surface area contributed by atoms with Gasteiger partial charge in [0, 0.05) is 25.2 Å². The minimum Gasteiger partial charge on any atom is -0.356 e. The number of rotatable bonds is 8. The van der Waals surface area contributed by atoms with E-state index in [1.807, 2.05) is 38.1 Å². The molecular weight excluding hydrogens is 460 g/mol. The second-order valence-corrected chi connectivity index (χ2v) is 9.61. The molecule has 0 bridgehead atoms. The second kappa shape index (κ2) is 10.7. The first kappa shape index (κ1) is 24.3. The Morgan fingerprint density at radius 2 is 1.80 bits per heavy atom. The summed E-state index contributed by atoms with van der Waals surface area (Å²) in [5.41, 5.74) is 2.94. The van der Waals surface area contributed by atoms with Crippen LogP contribution in [0.3, 0.4) is 0 Å². The van der Waals surface area contributed by atoms with Gasteiger partial charge in [-0.25, -0.2) is 14.5 Å². The van der Waals surface area contributed by atoms with Crippen LogP contribution in [0.15, 0.2) is 76.8 Å². The van der Waals surface area contributed by atoms with Crippen molar-refractivity contribution in [1.82, 2.24) is 19.9 Å². The standard InChI is InChI=1S/C27H26N4O3S/c1-17-8-13-24(29-16-17)31-26(34)22-6-4-5-7-23(22)30-27(31)35-18(2)25(33)21-11-9-20(10-12-21)14-15-28-19(3)32/h4-13,16,18H,14-15H2,1-3H3,(H,28,32). The Labute approximate surface area is 207 Å². The third kappa shape index (κ3) is 5.66. The maximum absolute atomic E-state index is 13.4. The third-order valence-corrected chi connectivity index (χ3v) is 6.60. The number of para-hydroxylation sites is 1. The lowest BCUT2D eigenvalue weighted by Crippen LogP contribution is -2.24. The molecule has 4 rings (SSSR count). The van der Waals surface area contributed by atoms with Gasteiger partial charge in [-0.1, -0.05) is 54.2 Å². The number of ketones is 1. The summed E-state index contributed by atoms with van der Waals surface area (Å²) in [4.78, 5) is 46.8. The number of amides is 1. The van der Waals surface area contributed by atoms with Crippen LogP contribution in [-0.4, -0.2) is 38.0 Å². The minimum atomic E-state index is -0.481. The smallest absolute Gasteiger partial charge is 0.267 e. The van der Waals surface area contributed by atoms with E-state index < -0.39 is 5.25 Å². The Morgan fingerprint density at radius 1 is 1.06 bits per heavy atom. The normalized spacial score (nSPS) is 11.9. The number of benzene rings is 2. The SMILES string of the molecule is CC(=O)NCCc1ccc(C(=O)C(C)Sc2nc3ccccc3c(=O)n2-c2ccc(C)cn2)cc1. The zero-order chi connectivity index (χ0) is 24.9. The van der Waals surface area contributed by atoms with Gasteiger partial charge < -0.3 is 5.32 Å². The molecule has 1 amide bonds. The predicted molar refractivity (Wildman–Crippen MR) is 138 cm³/mol. The number of fused-ring (bicyclic) bond motifs is 1. The highest BCUT2D eigenvalue weighted by Gasteiger charge is 2.22. The number of hydrogen-bond acceptors (Lipinski definition) is 6. The quantitative estimate of drug-likeness (QED) is 0.229. The van der Waals surface area contributed by atoms with Crippen molar-refractivity contribution >= 4 is 34.4 Å². The molecule has 8 heteroatoms. The van der Waals surface area contributed by atoms with Crippen molar-refractivity contribution in [3.63, 3.8) is 0 Å². The summed E-state index contributed by atoms with van der Waals surface area (Å²) in [7, 11) is 0. The highest BCUT2D eigenvalue weighted by molar-refractivity contribution is 8.00. The van der Waals surface area contributed by atoms with E-state index in [9.17, 15) is 14.4 Å². The molecule has 0 saturated heterocycles. The molecule has 35 heavy (non-hydrogen) atoms. The van der Waals surface area contributed by atoms with Crippen molar-refractivity contribution in [2.75, 3.05) is 6.54 Å². The van der Waals surface area contributed by atoms with E-state index in [2.05, 4.69) is 10.3 Å². The molecule has 2 heterocycles. The maximum atomic E-state index is 13.4. The van der Waals surface area contributed by atoms with Gasteiger partial charge in [-0.3, -0.25) is 14.4 Å². The molecule has 0 aliphatic carbocycles. The van der Waals surface area contributed by atoms with Gasteiger partial charge in [0.1, 0.15) is 5.82 Å². The summed E-state index contributed by atoms with van der Waals surface area (Å²) in [5, 5.41) is 3.19. The monoisotopic (exact) mass is 486 g/mol. The minimum absolute atomic E-state index is 0.0609. The van der Waals surface area contributed by atoms with Crippen molar-refractivity contribution in [2.45, 2.75) is 37.6 Å². The molecule has 2 aromatic carbocycles. The van der Waals surface area contributed by atoms with Crippen molar-refractivity contribution in [3.8, 4) is 5.82 Å². The Bertz CT molecular complexity index is 1430.